The highest BCUT2D eigenvalue weighted by atomic mass is 35.5. The fourth-order valence-corrected chi connectivity index (χ4v) is 4.17. The Morgan fingerprint density at radius 1 is 0.952 bits per heavy atom. The highest BCUT2D eigenvalue weighted by molar-refractivity contribution is 7.99. The Morgan fingerprint density at radius 3 is 2.12 bits per heavy atom. The van der Waals surface area contributed by atoms with Crippen LogP contribution in [0.15, 0.2) is 56.3 Å². The highest BCUT2D eigenvalue weighted by Gasteiger charge is 2.09. The maximum atomic E-state index is 9.71. The number of furan rings is 2. The molecular weight excluding hydrogens is 612 g/mol. The number of fused-ring (bicyclic) bond motifs is 2. The predicted molar refractivity (Wildman–Crippen MR) is 156 cm³/mol. The Morgan fingerprint density at radius 2 is 1.60 bits per heavy atom. The molecule has 0 aliphatic carbocycles. The first-order valence-corrected chi connectivity index (χ1v) is 14.6. The van der Waals surface area contributed by atoms with Crippen LogP contribution in [0.25, 0.3) is 22.2 Å². The molecule has 0 aliphatic rings. The van der Waals surface area contributed by atoms with Crippen LogP contribution in [-0.2, 0) is 32.5 Å². The monoisotopic (exact) mass is 640 g/mol. The Balaban J connectivity index is 0.000000205. The van der Waals surface area contributed by atoms with E-state index in [4.69, 9.17) is 35.5 Å². The minimum Gasteiger partial charge on any atom is -0.467 e. The van der Waals surface area contributed by atoms with Gasteiger partial charge in [-0.1, -0.05) is 11.6 Å². The molecule has 42 heavy (non-hydrogen) atoms. The number of aliphatic hydroxyl groups excluding tert-OH is 2. The summed E-state index contributed by atoms with van der Waals surface area (Å²) in [4.78, 5) is 42.8. The summed E-state index contributed by atoms with van der Waals surface area (Å²) in [6, 6.07) is 3.74. The number of halogens is 1. The van der Waals surface area contributed by atoms with Crippen molar-refractivity contribution in [2.45, 2.75) is 30.2 Å². The zero-order valence-corrected chi connectivity index (χ0v) is 25.7. The number of hydrogen-bond acceptors (Lipinski definition) is 16. The number of carbonyl (C=O) groups is 1. The van der Waals surface area contributed by atoms with Crippen molar-refractivity contribution >= 4 is 63.3 Å². The van der Waals surface area contributed by atoms with Gasteiger partial charge in [-0.3, -0.25) is 0 Å². The van der Waals surface area contributed by atoms with E-state index in [0.29, 0.717) is 27.9 Å². The Kier molecular flexibility index (Phi) is 15.7. The zero-order valence-electron chi connectivity index (χ0n) is 23.3. The number of hydrogen-bond donors (Lipinski definition) is 2. The third-order valence-electron chi connectivity index (χ3n) is 4.90. The van der Waals surface area contributed by atoms with Crippen molar-refractivity contribution in [3.63, 3.8) is 0 Å². The molecule has 0 saturated heterocycles. The van der Waals surface area contributed by atoms with Gasteiger partial charge in [0.25, 0.3) is 0 Å². The number of esters is 1. The van der Waals surface area contributed by atoms with Gasteiger partial charge in [0.05, 0.1) is 37.9 Å². The number of rotatable bonds is 7. The van der Waals surface area contributed by atoms with Gasteiger partial charge in [0, 0.05) is 11.3 Å². The average molecular weight is 641 g/mol. The van der Waals surface area contributed by atoms with Gasteiger partial charge in [0.15, 0.2) is 0 Å². The van der Waals surface area contributed by atoms with E-state index in [1.807, 2.05) is 24.6 Å². The van der Waals surface area contributed by atoms with Crippen LogP contribution in [0.4, 0.5) is 0 Å². The number of aliphatic hydroxyl groups is 2. The molecule has 0 amide bonds. The molecule has 17 heteroatoms. The second kappa shape index (κ2) is 18.9. The SMILES string of the molecule is COC(=O)CO.COOCc1cc2c(SC)ncnc2o1.CSc1ncnc2occc12.Cc1ncnc(Cl)c1CO. The van der Waals surface area contributed by atoms with Gasteiger partial charge in [0.2, 0.25) is 11.4 Å². The predicted octanol–water partition coefficient (Wildman–Crippen LogP) is 4.05. The van der Waals surface area contributed by atoms with Crippen LogP contribution in [0.3, 0.4) is 0 Å². The standard InChI is InChI=1S/C9H10N2O3S.C7H6N2OS.C6H7ClN2O.C3H6O3/c1-12-13-4-6-3-7-8(14-6)10-5-11-9(7)15-2;1-11-7-5-2-3-10-6(5)8-4-9-7;1-4-5(2-10)6(7)9-3-8-4;1-6-3(5)2-4/h3,5H,4H2,1-2H3;2-4H,1H3;3,10H,2H2,1H3;4H,2H2,1H3. The van der Waals surface area contributed by atoms with E-state index < -0.39 is 12.6 Å². The molecule has 5 aromatic rings. The molecule has 5 aromatic heterocycles. The van der Waals surface area contributed by atoms with Crippen LogP contribution in [0, 0.1) is 6.92 Å². The van der Waals surface area contributed by atoms with Crippen LogP contribution in [0.5, 0.6) is 0 Å². The molecule has 14 nitrogen and oxygen atoms in total. The van der Waals surface area contributed by atoms with Crippen molar-refractivity contribution in [2.24, 2.45) is 0 Å². The molecule has 0 radical (unpaired) electrons. The quantitative estimate of drug-likeness (QED) is 0.0851. The van der Waals surface area contributed by atoms with Crippen LogP contribution < -0.4 is 0 Å². The second-order valence-corrected chi connectivity index (χ2v) is 9.33. The number of ether oxygens (including phenoxy) is 1. The first-order valence-electron chi connectivity index (χ1n) is 11.7. The van der Waals surface area contributed by atoms with Gasteiger partial charge < -0.3 is 23.8 Å². The summed E-state index contributed by atoms with van der Waals surface area (Å²) < 4.78 is 14.5. The molecule has 0 saturated carbocycles. The fraction of sp³-hybridized carbons (Fsp3) is 0.320. The summed E-state index contributed by atoms with van der Waals surface area (Å²) in [7, 11) is 2.67. The minimum atomic E-state index is -0.602. The lowest BCUT2D eigenvalue weighted by Crippen LogP contribution is -2.04. The first-order chi connectivity index (χ1) is 20.3. The zero-order chi connectivity index (χ0) is 30.9. The average Bonchev–Trinajstić information content (AvgIpc) is 3.67. The number of carbonyl (C=O) groups excluding carboxylic acids is 1. The van der Waals surface area contributed by atoms with Crippen LogP contribution in [0.1, 0.15) is 17.0 Å². The normalized spacial score (nSPS) is 10.2. The number of aromatic nitrogens is 6. The molecule has 0 bridgehead atoms. The topological polar surface area (TPSA) is 189 Å². The van der Waals surface area contributed by atoms with Gasteiger partial charge in [-0.2, -0.15) is 0 Å². The first kappa shape index (κ1) is 34.8. The maximum Gasteiger partial charge on any atom is 0.331 e. The number of methoxy groups -OCH3 is 1. The van der Waals surface area contributed by atoms with Gasteiger partial charge in [0.1, 0.15) is 53.2 Å². The smallest absolute Gasteiger partial charge is 0.331 e. The molecule has 0 aromatic carbocycles. The van der Waals surface area contributed by atoms with Crippen molar-refractivity contribution in [3.05, 3.63) is 59.5 Å². The van der Waals surface area contributed by atoms with E-state index in [1.54, 1.807) is 36.7 Å². The second-order valence-electron chi connectivity index (χ2n) is 7.39. The molecule has 0 fully saturated rings. The van der Waals surface area contributed by atoms with Crippen LogP contribution >= 0.6 is 35.1 Å². The molecule has 2 N–H and O–H groups in total. The largest absolute Gasteiger partial charge is 0.467 e. The van der Waals surface area contributed by atoms with Crippen LogP contribution in [-0.4, -0.2) is 79.4 Å². The summed E-state index contributed by atoms with van der Waals surface area (Å²) in [5.74, 6) is 0.0673. The Labute approximate surface area is 254 Å². The molecular formula is C25H29ClN6O8S2. The molecule has 226 valence electrons. The lowest BCUT2D eigenvalue weighted by Gasteiger charge is -2.00. The van der Waals surface area contributed by atoms with E-state index >= 15 is 0 Å². The van der Waals surface area contributed by atoms with Gasteiger partial charge in [-0.15, -0.1) is 23.5 Å². The van der Waals surface area contributed by atoms with E-state index in [0.717, 1.165) is 26.5 Å². The number of thioether (sulfide) groups is 2. The maximum absolute atomic E-state index is 9.71. The van der Waals surface area contributed by atoms with Crippen molar-refractivity contribution in [1.82, 2.24) is 29.9 Å². The van der Waals surface area contributed by atoms with Gasteiger partial charge in [-0.05, 0) is 31.6 Å². The van der Waals surface area contributed by atoms with E-state index in [-0.39, 0.29) is 13.2 Å². The lowest BCUT2D eigenvalue weighted by atomic mass is 10.3. The summed E-state index contributed by atoms with van der Waals surface area (Å²) in [5, 5.41) is 20.7. The molecule has 0 unspecified atom stereocenters. The summed E-state index contributed by atoms with van der Waals surface area (Å²) in [5.41, 5.74) is 2.56. The lowest BCUT2D eigenvalue weighted by molar-refractivity contribution is -0.284. The molecule has 5 heterocycles. The van der Waals surface area contributed by atoms with Gasteiger partial charge >= 0.3 is 5.97 Å². The summed E-state index contributed by atoms with van der Waals surface area (Å²) in [6.07, 6.45) is 9.93. The van der Waals surface area contributed by atoms with Crippen molar-refractivity contribution in [3.8, 4) is 0 Å². The summed E-state index contributed by atoms with van der Waals surface area (Å²) in [6.45, 7) is 1.40. The minimum absolute atomic E-state index is 0.106. The third-order valence-corrected chi connectivity index (χ3v) is 6.65. The molecule has 0 spiro atoms. The molecule has 5 rings (SSSR count). The highest BCUT2D eigenvalue weighted by Crippen LogP contribution is 2.26. The van der Waals surface area contributed by atoms with E-state index in [2.05, 4.69) is 39.5 Å². The third kappa shape index (κ3) is 10.5. The van der Waals surface area contributed by atoms with Crippen molar-refractivity contribution in [2.75, 3.05) is 33.3 Å². The van der Waals surface area contributed by atoms with Crippen LogP contribution in [0.2, 0.25) is 5.15 Å². The summed E-state index contributed by atoms with van der Waals surface area (Å²) >= 11 is 8.76. The van der Waals surface area contributed by atoms with Crippen molar-refractivity contribution < 1.29 is 38.4 Å². The Hall–Kier alpha value is -3.38. The Bertz CT molecular complexity index is 1510. The van der Waals surface area contributed by atoms with Gasteiger partial charge in [-0.25, -0.2) is 44.5 Å². The molecule has 0 atom stereocenters. The van der Waals surface area contributed by atoms with E-state index in [9.17, 15) is 4.79 Å². The molecule has 0 aliphatic heterocycles. The number of aryl methyl sites for hydroxylation is 1. The fourth-order valence-electron chi connectivity index (χ4n) is 2.88. The number of nitrogens with zero attached hydrogens (tertiary/aromatic N) is 6. The van der Waals surface area contributed by atoms with Crippen molar-refractivity contribution in [1.29, 1.82) is 0 Å². The van der Waals surface area contributed by atoms with E-state index in [1.165, 1.54) is 33.2 Å².